The quantitative estimate of drug-likeness (QED) is 0.605. The van der Waals surface area contributed by atoms with Crippen molar-refractivity contribution in [3.8, 4) is 0 Å². The Balaban J connectivity index is 1.69. The minimum Gasteiger partial charge on any atom is -0.382 e. The summed E-state index contributed by atoms with van der Waals surface area (Å²) in [6.45, 7) is 0.305. The fraction of sp³-hybridized carbons (Fsp3) is 0.143. The number of aliphatic hydroxyl groups is 1. The second-order valence-corrected chi connectivity index (χ2v) is 6.01. The molecule has 3 aromatic rings. The standard InChI is InChI=1S/C21H20N2O2/c22-13-17-11-10-16(18-8-4-5-9-19(17)18)12-21(25)23-14-20(24)15-6-2-1-3-7-15/h1-11,13,20,22,24H,12,14H2,(H,23,25)/p+1. The summed E-state index contributed by atoms with van der Waals surface area (Å²) in [5.41, 5.74) is 2.60. The smallest absolute Gasteiger partial charge is 0.314 e. The first-order valence-electron chi connectivity index (χ1n) is 8.29. The van der Waals surface area contributed by atoms with Crippen molar-refractivity contribution in [3.05, 3.63) is 83.4 Å². The maximum absolute atomic E-state index is 12.3. The maximum atomic E-state index is 12.3. The Morgan fingerprint density at radius 1 is 1.00 bits per heavy atom. The Morgan fingerprint density at radius 2 is 1.68 bits per heavy atom. The van der Waals surface area contributed by atoms with Gasteiger partial charge in [0.25, 0.3) is 0 Å². The number of hydrogen-bond donors (Lipinski definition) is 3. The molecule has 1 atom stereocenters. The van der Waals surface area contributed by atoms with Crippen LogP contribution in [-0.4, -0.2) is 23.8 Å². The van der Waals surface area contributed by atoms with Crippen molar-refractivity contribution in [3.63, 3.8) is 0 Å². The topological polar surface area (TPSA) is 77.8 Å². The Morgan fingerprint density at radius 3 is 2.40 bits per heavy atom. The molecule has 1 unspecified atom stereocenters. The second kappa shape index (κ2) is 7.83. The highest BCUT2D eigenvalue weighted by Gasteiger charge is 2.15. The van der Waals surface area contributed by atoms with Crippen molar-refractivity contribution in [1.29, 1.82) is 5.41 Å². The molecule has 3 rings (SSSR count). The molecule has 4 N–H and O–H groups in total. The monoisotopic (exact) mass is 333 g/mol. The fourth-order valence-electron chi connectivity index (χ4n) is 2.98. The van der Waals surface area contributed by atoms with E-state index in [0.29, 0.717) is 13.0 Å². The number of benzene rings is 3. The highest BCUT2D eigenvalue weighted by Crippen LogP contribution is 2.22. The lowest BCUT2D eigenvalue weighted by molar-refractivity contribution is -0.577. The molecule has 4 nitrogen and oxygen atoms in total. The molecule has 0 fully saturated rings. The third-order valence-electron chi connectivity index (χ3n) is 4.32. The summed E-state index contributed by atoms with van der Waals surface area (Å²) in [5, 5.41) is 21.2. The van der Waals surface area contributed by atoms with Gasteiger partial charge in [-0.3, -0.25) is 5.32 Å². The number of amides is 1. The van der Waals surface area contributed by atoms with E-state index < -0.39 is 6.10 Å². The average Bonchev–Trinajstić information content (AvgIpc) is 2.67. The van der Waals surface area contributed by atoms with Crippen LogP contribution in [-0.2, 0) is 11.2 Å². The summed E-state index contributed by atoms with van der Waals surface area (Å²) in [6.07, 6.45) is 0.957. The number of rotatable bonds is 6. The zero-order valence-corrected chi connectivity index (χ0v) is 13.9. The van der Waals surface area contributed by atoms with Crippen molar-refractivity contribution in [2.75, 3.05) is 6.54 Å². The molecule has 0 radical (unpaired) electrons. The van der Waals surface area contributed by atoms with Crippen LogP contribution < -0.4 is 5.32 Å². The van der Waals surface area contributed by atoms with E-state index in [2.05, 4.69) is 0 Å². The largest absolute Gasteiger partial charge is 0.382 e. The van der Waals surface area contributed by atoms with Gasteiger partial charge in [0.2, 0.25) is 0 Å². The first-order chi connectivity index (χ1) is 12.2. The van der Waals surface area contributed by atoms with Gasteiger partial charge in [-0.25, -0.2) is 4.79 Å². The SMILES string of the molecule is N=Cc1ccc(CC(=O)[NH2+]CC(O)c2ccccc2)c2ccccc12. The molecule has 0 saturated heterocycles. The predicted molar refractivity (Wildman–Crippen MR) is 98.7 cm³/mol. The molecule has 0 heterocycles. The van der Waals surface area contributed by atoms with Crippen LogP contribution in [0.5, 0.6) is 0 Å². The van der Waals surface area contributed by atoms with Gasteiger partial charge in [0.15, 0.2) is 0 Å². The number of nitrogens with one attached hydrogen (secondary N) is 1. The molecular formula is C21H21N2O2+. The van der Waals surface area contributed by atoms with Gasteiger partial charge in [-0.15, -0.1) is 0 Å². The van der Waals surface area contributed by atoms with Crippen LogP contribution in [0.4, 0.5) is 0 Å². The number of hydrogen-bond acceptors (Lipinski definition) is 3. The third-order valence-corrected chi connectivity index (χ3v) is 4.32. The van der Waals surface area contributed by atoms with Crippen molar-refractivity contribution in [2.24, 2.45) is 0 Å². The number of quaternary nitrogens is 1. The van der Waals surface area contributed by atoms with Gasteiger partial charge in [-0.1, -0.05) is 66.7 Å². The molecule has 126 valence electrons. The van der Waals surface area contributed by atoms with Crippen LogP contribution in [0.3, 0.4) is 0 Å². The van der Waals surface area contributed by atoms with Crippen LogP contribution >= 0.6 is 0 Å². The summed E-state index contributed by atoms with van der Waals surface area (Å²) < 4.78 is 0. The lowest BCUT2D eigenvalue weighted by Gasteiger charge is -2.10. The van der Waals surface area contributed by atoms with Gasteiger partial charge in [0.05, 0.1) is 6.42 Å². The summed E-state index contributed by atoms with van der Waals surface area (Å²) in [4.78, 5) is 12.3. The highest BCUT2D eigenvalue weighted by molar-refractivity contribution is 6.01. The first kappa shape index (κ1) is 17.0. The Bertz CT molecular complexity index is 891. The molecule has 0 aliphatic rings. The number of primary amides is 1. The molecular weight excluding hydrogens is 312 g/mol. The van der Waals surface area contributed by atoms with Crippen LogP contribution in [0.2, 0.25) is 0 Å². The van der Waals surface area contributed by atoms with Crippen LogP contribution in [0.1, 0.15) is 22.8 Å². The van der Waals surface area contributed by atoms with Crippen LogP contribution in [0, 0.1) is 5.41 Å². The van der Waals surface area contributed by atoms with Gasteiger partial charge < -0.3 is 10.5 Å². The van der Waals surface area contributed by atoms with Crippen molar-refractivity contribution in [1.82, 2.24) is 0 Å². The maximum Gasteiger partial charge on any atom is 0.314 e. The van der Waals surface area contributed by atoms with E-state index in [-0.39, 0.29) is 5.91 Å². The second-order valence-electron chi connectivity index (χ2n) is 6.01. The Labute approximate surface area is 146 Å². The van der Waals surface area contributed by atoms with Crippen LogP contribution in [0.15, 0.2) is 66.7 Å². The molecule has 0 bridgehead atoms. The zero-order chi connectivity index (χ0) is 17.6. The highest BCUT2D eigenvalue weighted by atomic mass is 16.3. The van der Waals surface area contributed by atoms with Crippen molar-refractivity contribution < 1.29 is 15.2 Å². The predicted octanol–water partition coefficient (Wildman–Crippen LogP) is 2.20. The summed E-state index contributed by atoms with van der Waals surface area (Å²) >= 11 is 0. The van der Waals surface area contributed by atoms with Gasteiger partial charge in [0, 0.05) is 6.21 Å². The summed E-state index contributed by atoms with van der Waals surface area (Å²) in [7, 11) is 0. The fourth-order valence-corrected chi connectivity index (χ4v) is 2.98. The summed E-state index contributed by atoms with van der Waals surface area (Å²) in [5.74, 6) is -0.0114. The van der Waals surface area contributed by atoms with E-state index >= 15 is 0 Å². The van der Waals surface area contributed by atoms with E-state index in [0.717, 1.165) is 27.5 Å². The minimum absolute atomic E-state index is 0.0114. The van der Waals surface area contributed by atoms with Gasteiger partial charge in [-0.05, 0) is 27.5 Å². The lowest BCUT2D eigenvalue weighted by Crippen LogP contribution is -2.89. The summed E-state index contributed by atoms with van der Waals surface area (Å²) in [6, 6.07) is 20.9. The van der Waals surface area contributed by atoms with E-state index in [1.165, 1.54) is 6.21 Å². The molecule has 0 aliphatic carbocycles. The van der Waals surface area contributed by atoms with Crippen molar-refractivity contribution in [2.45, 2.75) is 12.5 Å². The molecule has 0 saturated carbocycles. The average molecular weight is 333 g/mol. The number of nitrogens with two attached hydrogens (primary N) is 1. The van der Waals surface area contributed by atoms with E-state index in [1.54, 1.807) is 5.32 Å². The molecule has 0 aliphatic heterocycles. The van der Waals surface area contributed by atoms with E-state index in [4.69, 9.17) is 5.41 Å². The molecule has 4 heteroatoms. The van der Waals surface area contributed by atoms with Crippen LogP contribution in [0.25, 0.3) is 10.8 Å². The van der Waals surface area contributed by atoms with E-state index in [9.17, 15) is 9.90 Å². The lowest BCUT2D eigenvalue weighted by atomic mass is 9.98. The molecule has 0 aromatic heterocycles. The molecule has 0 spiro atoms. The third kappa shape index (κ3) is 3.99. The molecule has 25 heavy (non-hydrogen) atoms. The van der Waals surface area contributed by atoms with Crippen molar-refractivity contribution >= 4 is 22.9 Å². The Hall–Kier alpha value is -2.82. The number of fused-ring (bicyclic) bond motifs is 1. The van der Waals surface area contributed by atoms with E-state index in [1.807, 2.05) is 66.7 Å². The Kier molecular flexibility index (Phi) is 5.33. The molecule has 1 amide bonds. The van der Waals surface area contributed by atoms with Gasteiger partial charge in [0.1, 0.15) is 12.6 Å². The normalized spacial score (nSPS) is 12.0. The van der Waals surface area contributed by atoms with Gasteiger partial charge >= 0.3 is 5.91 Å². The van der Waals surface area contributed by atoms with Gasteiger partial charge in [-0.2, -0.15) is 0 Å². The number of aliphatic hydroxyl groups excluding tert-OH is 1. The number of carbonyl (C=O) groups is 1. The first-order valence-corrected chi connectivity index (χ1v) is 8.29. The minimum atomic E-state index is -0.665. The number of carbonyl (C=O) groups excluding carboxylic acids is 1. The molecule has 3 aromatic carbocycles. The zero-order valence-electron chi connectivity index (χ0n) is 13.9.